The van der Waals surface area contributed by atoms with E-state index in [9.17, 15) is 14.4 Å². The van der Waals surface area contributed by atoms with Crippen molar-refractivity contribution < 1.29 is 28.6 Å². The third kappa shape index (κ3) is 5.17. The molecule has 0 radical (unpaired) electrons. The molecular formula is C31H29ClN2O6. The summed E-state index contributed by atoms with van der Waals surface area (Å²) in [5.74, 6) is -1.46. The molecule has 2 fully saturated rings. The van der Waals surface area contributed by atoms with Crippen LogP contribution in [0.4, 0.5) is 0 Å². The zero-order valence-electron chi connectivity index (χ0n) is 22.2. The van der Waals surface area contributed by atoms with Crippen molar-refractivity contribution in [2.75, 3.05) is 6.61 Å². The minimum absolute atomic E-state index is 0.172. The summed E-state index contributed by atoms with van der Waals surface area (Å²) in [7, 11) is 0. The van der Waals surface area contributed by atoms with E-state index < -0.39 is 17.8 Å². The van der Waals surface area contributed by atoms with Crippen LogP contribution in [-0.2, 0) is 20.8 Å². The lowest BCUT2D eigenvalue weighted by atomic mass is 10.0. The smallest absolute Gasteiger partial charge is 0.337 e. The fraction of sp³-hybridized carbons (Fsp3) is 0.323. The quantitative estimate of drug-likeness (QED) is 0.206. The highest BCUT2D eigenvalue weighted by Gasteiger charge is 2.40. The average Bonchev–Trinajstić information content (AvgIpc) is 3.64. The van der Waals surface area contributed by atoms with Crippen molar-refractivity contribution in [3.05, 3.63) is 76.4 Å². The molecule has 1 atom stereocenters. The molecule has 1 aromatic heterocycles. The maximum absolute atomic E-state index is 13.5. The van der Waals surface area contributed by atoms with Crippen LogP contribution in [0.3, 0.4) is 0 Å². The predicted molar refractivity (Wildman–Crippen MR) is 151 cm³/mol. The molecule has 1 aliphatic heterocycles. The third-order valence-corrected chi connectivity index (χ3v) is 7.68. The number of ketones is 1. The van der Waals surface area contributed by atoms with Crippen molar-refractivity contribution in [1.29, 1.82) is 0 Å². The van der Waals surface area contributed by atoms with Gasteiger partial charge in [-0.3, -0.25) is 9.59 Å². The molecule has 6 rings (SSSR count). The fourth-order valence-electron chi connectivity index (χ4n) is 5.32. The number of esters is 1. The van der Waals surface area contributed by atoms with Crippen LogP contribution in [0, 0.1) is 0 Å². The number of aromatic nitrogens is 1. The molecule has 1 aliphatic carbocycles. The molecule has 2 heterocycles. The van der Waals surface area contributed by atoms with Crippen LogP contribution in [0.5, 0.6) is 5.75 Å². The Kier molecular flexibility index (Phi) is 6.55. The Hall–Kier alpha value is -3.88. The lowest BCUT2D eigenvalue weighted by Crippen LogP contribution is -2.22. The Morgan fingerprint density at radius 2 is 1.88 bits per heavy atom. The van der Waals surface area contributed by atoms with Gasteiger partial charge in [0, 0.05) is 54.5 Å². The molecule has 0 bridgehead atoms. The summed E-state index contributed by atoms with van der Waals surface area (Å²) < 4.78 is 18.9. The molecule has 4 aromatic rings. The van der Waals surface area contributed by atoms with Crippen LogP contribution in [0.25, 0.3) is 21.7 Å². The van der Waals surface area contributed by atoms with Crippen LogP contribution >= 0.6 is 11.6 Å². The second kappa shape index (κ2) is 9.94. The largest absolute Gasteiger partial charge is 0.485 e. The van der Waals surface area contributed by atoms with Crippen molar-refractivity contribution in [1.82, 2.24) is 4.57 Å². The summed E-state index contributed by atoms with van der Waals surface area (Å²) >= 11 is 6.10. The molecule has 8 nitrogen and oxygen atoms in total. The molecule has 9 heteroatoms. The summed E-state index contributed by atoms with van der Waals surface area (Å²) in [6, 6.07) is 14.8. The van der Waals surface area contributed by atoms with Gasteiger partial charge in [-0.05, 0) is 65.4 Å². The Labute approximate surface area is 235 Å². The molecule has 206 valence electrons. The van der Waals surface area contributed by atoms with Crippen LogP contribution < -0.4 is 10.5 Å². The number of primary amides is 1. The number of halogens is 1. The normalized spacial score (nSPS) is 18.3. The van der Waals surface area contributed by atoms with E-state index in [1.807, 2.05) is 16.7 Å². The van der Waals surface area contributed by atoms with Gasteiger partial charge in [-0.1, -0.05) is 29.8 Å². The van der Waals surface area contributed by atoms with E-state index in [0.29, 0.717) is 29.5 Å². The SMILES string of the molecule is CC1(C)OC(=O)C(CCn2cc(C(=O)COc3cc4ccc(Cl)cc4cc3C(N)=O)c3ccc(C4CC4)cc32)O1. The number of fused-ring (bicyclic) bond motifs is 2. The number of benzene rings is 3. The standard InChI is InChI=1S/C31H29ClN2O6/c1-31(2)39-27(30(37)40-31)9-10-34-15-24(22-8-6-18(13-25(22)34)17-3-4-17)26(35)16-38-28-14-19-5-7-21(32)11-20(19)12-23(28)29(33)36/h5-8,11-15,17,27H,3-4,9-10,16H2,1-2H3,(H2,33,36). The molecular weight excluding hydrogens is 532 g/mol. The minimum atomic E-state index is -0.948. The number of ether oxygens (including phenoxy) is 3. The van der Waals surface area contributed by atoms with E-state index in [0.717, 1.165) is 34.5 Å². The molecule has 40 heavy (non-hydrogen) atoms. The van der Waals surface area contributed by atoms with Crippen LogP contribution in [0.15, 0.2) is 54.7 Å². The second-order valence-electron chi connectivity index (χ2n) is 10.9. The van der Waals surface area contributed by atoms with Gasteiger partial charge >= 0.3 is 5.97 Å². The molecule has 2 N–H and O–H groups in total. The van der Waals surface area contributed by atoms with Crippen LogP contribution in [-0.4, -0.2) is 40.7 Å². The lowest BCUT2D eigenvalue weighted by Gasteiger charge is -2.15. The predicted octanol–water partition coefficient (Wildman–Crippen LogP) is 5.75. The van der Waals surface area contributed by atoms with Crippen molar-refractivity contribution >= 4 is 50.9 Å². The molecule has 1 saturated carbocycles. The minimum Gasteiger partial charge on any atom is -0.485 e. The first-order valence-corrected chi connectivity index (χ1v) is 13.7. The summed E-state index contributed by atoms with van der Waals surface area (Å²) in [5.41, 5.74) is 8.44. The van der Waals surface area contributed by atoms with Crippen LogP contribution in [0.1, 0.15) is 65.3 Å². The van der Waals surface area contributed by atoms with Gasteiger partial charge in [0.1, 0.15) is 5.75 Å². The van der Waals surface area contributed by atoms with E-state index >= 15 is 0 Å². The topological polar surface area (TPSA) is 110 Å². The van der Waals surface area contributed by atoms with Gasteiger partial charge in [0.25, 0.3) is 5.91 Å². The Morgan fingerprint density at radius 3 is 2.58 bits per heavy atom. The Morgan fingerprint density at radius 1 is 1.07 bits per heavy atom. The number of amides is 1. The number of Topliss-reactive ketones (excluding diaryl/α,β-unsaturated/α-hetero) is 1. The van der Waals surface area contributed by atoms with Gasteiger partial charge < -0.3 is 24.5 Å². The number of aryl methyl sites for hydroxylation is 1. The first-order chi connectivity index (χ1) is 19.1. The number of rotatable bonds is 9. The maximum Gasteiger partial charge on any atom is 0.337 e. The fourth-order valence-corrected chi connectivity index (χ4v) is 5.50. The molecule has 1 unspecified atom stereocenters. The summed E-state index contributed by atoms with van der Waals surface area (Å²) in [4.78, 5) is 37.9. The zero-order valence-corrected chi connectivity index (χ0v) is 23.0. The highest BCUT2D eigenvalue weighted by molar-refractivity contribution is 6.31. The van der Waals surface area contributed by atoms with E-state index in [1.54, 1.807) is 44.3 Å². The van der Waals surface area contributed by atoms with Gasteiger partial charge in [-0.2, -0.15) is 0 Å². The third-order valence-electron chi connectivity index (χ3n) is 7.45. The highest BCUT2D eigenvalue weighted by Crippen LogP contribution is 2.41. The van der Waals surface area contributed by atoms with E-state index in [1.165, 1.54) is 5.56 Å². The van der Waals surface area contributed by atoms with E-state index in [4.69, 9.17) is 31.5 Å². The lowest BCUT2D eigenvalue weighted by molar-refractivity contribution is -0.160. The first kappa shape index (κ1) is 26.3. The number of carbonyl (C=O) groups excluding carboxylic acids is 3. The molecule has 2 aliphatic rings. The molecule has 3 aromatic carbocycles. The molecule has 1 amide bonds. The number of nitrogens with two attached hydrogens (primary N) is 1. The van der Waals surface area contributed by atoms with Gasteiger partial charge in [-0.15, -0.1) is 0 Å². The number of carbonyl (C=O) groups is 3. The van der Waals surface area contributed by atoms with Crippen molar-refractivity contribution in [2.45, 2.75) is 57.5 Å². The van der Waals surface area contributed by atoms with Crippen molar-refractivity contribution in [3.8, 4) is 5.75 Å². The average molecular weight is 561 g/mol. The molecule has 0 spiro atoms. The van der Waals surface area contributed by atoms with Gasteiger partial charge in [0.2, 0.25) is 11.6 Å². The highest BCUT2D eigenvalue weighted by atomic mass is 35.5. The number of hydrogen-bond donors (Lipinski definition) is 1. The number of nitrogens with zero attached hydrogens (tertiary/aromatic N) is 1. The van der Waals surface area contributed by atoms with Crippen molar-refractivity contribution in [3.63, 3.8) is 0 Å². The zero-order chi connectivity index (χ0) is 28.2. The second-order valence-corrected chi connectivity index (χ2v) is 11.4. The number of cyclic esters (lactones) is 1. The maximum atomic E-state index is 13.5. The molecule has 1 saturated heterocycles. The summed E-state index contributed by atoms with van der Waals surface area (Å²) in [6.45, 7) is 3.61. The number of hydrogen-bond acceptors (Lipinski definition) is 6. The Bertz CT molecular complexity index is 1690. The van der Waals surface area contributed by atoms with Gasteiger partial charge in [0.05, 0.1) is 5.56 Å². The van der Waals surface area contributed by atoms with Gasteiger partial charge in [0.15, 0.2) is 12.7 Å². The van der Waals surface area contributed by atoms with Crippen LogP contribution in [0.2, 0.25) is 5.02 Å². The van der Waals surface area contributed by atoms with E-state index in [-0.39, 0.29) is 29.7 Å². The van der Waals surface area contributed by atoms with Gasteiger partial charge in [-0.25, -0.2) is 4.79 Å². The summed E-state index contributed by atoms with van der Waals surface area (Å²) in [5, 5.41) is 2.88. The van der Waals surface area contributed by atoms with Crippen molar-refractivity contribution in [2.24, 2.45) is 5.73 Å². The van der Waals surface area contributed by atoms with E-state index in [2.05, 4.69) is 12.1 Å². The monoisotopic (exact) mass is 560 g/mol. The summed E-state index contributed by atoms with van der Waals surface area (Å²) in [6.07, 6.45) is 3.85. The Balaban J connectivity index is 1.27. The first-order valence-electron chi connectivity index (χ1n) is 13.3.